The van der Waals surface area contributed by atoms with E-state index in [0.717, 1.165) is 48.6 Å². The molecule has 1 saturated heterocycles. The molecule has 1 atom stereocenters. The van der Waals surface area contributed by atoms with Gasteiger partial charge >= 0.3 is 0 Å². The Morgan fingerprint density at radius 3 is 2.95 bits per heavy atom. The van der Waals surface area contributed by atoms with E-state index in [9.17, 15) is 0 Å². The molecule has 0 bridgehead atoms. The van der Waals surface area contributed by atoms with Crippen molar-refractivity contribution in [2.24, 2.45) is 5.92 Å². The lowest BCUT2D eigenvalue weighted by Gasteiger charge is -2.18. The minimum Gasteiger partial charge on any atom is -0.496 e. The Labute approximate surface area is 115 Å². The molecular weight excluding hydrogens is 240 g/mol. The van der Waals surface area contributed by atoms with E-state index >= 15 is 0 Å². The highest BCUT2D eigenvalue weighted by atomic mass is 16.5. The summed E-state index contributed by atoms with van der Waals surface area (Å²) < 4.78 is 5.45. The van der Waals surface area contributed by atoms with Crippen LogP contribution in [0.2, 0.25) is 0 Å². The van der Waals surface area contributed by atoms with Crippen LogP contribution in [0.5, 0.6) is 5.75 Å². The molecule has 1 unspecified atom stereocenters. The number of likely N-dealkylation sites (tertiary alicyclic amines) is 1. The number of aliphatic hydroxyl groups is 1. The van der Waals surface area contributed by atoms with Crippen molar-refractivity contribution in [3.05, 3.63) is 23.0 Å². The Morgan fingerprint density at radius 2 is 2.26 bits per heavy atom. The summed E-state index contributed by atoms with van der Waals surface area (Å²) >= 11 is 0. The summed E-state index contributed by atoms with van der Waals surface area (Å²) in [6.45, 7) is 7.45. The normalized spacial score (nSPS) is 19.9. The highest BCUT2D eigenvalue weighted by molar-refractivity contribution is 5.41. The van der Waals surface area contributed by atoms with Crippen LogP contribution < -0.4 is 4.74 Å². The molecule has 0 amide bonds. The smallest absolute Gasteiger partial charge is 0.128 e. The maximum absolute atomic E-state index is 9.00. The Balaban J connectivity index is 2.04. The van der Waals surface area contributed by atoms with E-state index in [1.54, 1.807) is 7.11 Å². The van der Waals surface area contributed by atoms with Crippen molar-refractivity contribution < 1.29 is 9.84 Å². The van der Waals surface area contributed by atoms with Crippen molar-refractivity contribution in [1.82, 2.24) is 9.88 Å². The zero-order chi connectivity index (χ0) is 13.8. The molecule has 19 heavy (non-hydrogen) atoms. The molecule has 1 aliphatic heterocycles. The van der Waals surface area contributed by atoms with Crippen molar-refractivity contribution in [2.45, 2.75) is 33.2 Å². The van der Waals surface area contributed by atoms with Gasteiger partial charge < -0.3 is 9.84 Å². The molecule has 2 heterocycles. The first-order valence-corrected chi connectivity index (χ1v) is 6.98. The molecule has 106 valence electrons. The van der Waals surface area contributed by atoms with Crippen molar-refractivity contribution >= 4 is 0 Å². The zero-order valence-electron chi connectivity index (χ0n) is 12.1. The monoisotopic (exact) mass is 264 g/mol. The second-order valence-electron chi connectivity index (χ2n) is 5.45. The standard InChI is InChI=1S/C15H24N2O2/c1-11-8-16-14(12(2)15(11)19-3)10-17-6-4-13(9-17)5-7-18/h8,13,18H,4-7,9-10H2,1-3H3. The maximum Gasteiger partial charge on any atom is 0.128 e. The van der Waals surface area contributed by atoms with Gasteiger partial charge in [0.2, 0.25) is 0 Å². The van der Waals surface area contributed by atoms with Crippen LogP contribution in [0.3, 0.4) is 0 Å². The molecule has 0 saturated carbocycles. The number of ether oxygens (including phenoxy) is 1. The molecule has 2 rings (SSSR count). The van der Waals surface area contributed by atoms with Gasteiger partial charge in [-0.3, -0.25) is 9.88 Å². The minimum atomic E-state index is 0.300. The molecule has 0 radical (unpaired) electrons. The van der Waals surface area contributed by atoms with Gasteiger partial charge in [0, 0.05) is 37.0 Å². The largest absolute Gasteiger partial charge is 0.496 e. The maximum atomic E-state index is 9.00. The van der Waals surface area contributed by atoms with E-state index in [2.05, 4.69) is 16.8 Å². The number of aromatic nitrogens is 1. The lowest BCUT2D eigenvalue weighted by molar-refractivity contribution is 0.248. The lowest BCUT2D eigenvalue weighted by Crippen LogP contribution is -2.22. The fraction of sp³-hybridized carbons (Fsp3) is 0.667. The third kappa shape index (κ3) is 3.25. The Bertz CT molecular complexity index is 434. The molecule has 4 heteroatoms. The van der Waals surface area contributed by atoms with Crippen LogP contribution in [0.4, 0.5) is 0 Å². The molecule has 1 fully saturated rings. The van der Waals surface area contributed by atoms with Gasteiger partial charge in [0.1, 0.15) is 5.75 Å². The van der Waals surface area contributed by atoms with Crippen LogP contribution in [-0.4, -0.2) is 41.8 Å². The summed E-state index contributed by atoms with van der Waals surface area (Å²) in [6, 6.07) is 0. The SMILES string of the molecule is COc1c(C)cnc(CN2CCC(CCO)C2)c1C. The quantitative estimate of drug-likeness (QED) is 0.882. The molecule has 0 aromatic carbocycles. The van der Waals surface area contributed by atoms with Gasteiger partial charge in [-0.05, 0) is 39.2 Å². The fourth-order valence-corrected chi connectivity index (χ4v) is 2.92. The van der Waals surface area contributed by atoms with Crippen molar-refractivity contribution in [1.29, 1.82) is 0 Å². The molecule has 1 aliphatic rings. The zero-order valence-corrected chi connectivity index (χ0v) is 12.1. The minimum absolute atomic E-state index is 0.300. The van der Waals surface area contributed by atoms with E-state index in [-0.39, 0.29) is 0 Å². The molecule has 1 aromatic rings. The molecule has 1 N–H and O–H groups in total. The number of nitrogens with zero attached hydrogens (tertiary/aromatic N) is 2. The van der Waals surface area contributed by atoms with Crippen LogP contribution in [0.15, 0.2) is 6.20 Å². The first-order chi connectivity index (χ1) is 9.15. The van der Waals surface area contributed by atoms with E-state index in [1.165, 1.54) is 6.42 Å². The average Bonchev–Trinajstić information content (AvgIpc) is 2.82. The number of hydrogen-bond donors (Lipinski definition) is 1. The predicted octanol–water partition coefficient (Wildman–Crippen LogP) is 1.91. The number of hydrogen-bond acceptors (Lipinski definition) is 4. The number of pyridine rings is 1. The first-order valence-electron chi connectivity index (χ1n) is 6.98. The van der Waals surface area contributed by atoms with Gasteiger partial charge in [-0.2, -0.15) is 0 Å². The second-order valence-corrected chi connectivity index (χ2v) is 5.45. The predicted molar refractivity (Wildman–Crippen MR) is 75.3 cm³/mol. The van der Waals surface area contributed by atoms with E-state index in [0.29, 0.717) is 12.5 Å². The van der Waals surface area contributed by atoms with Gasteiger partial charge in [0.05, 0.1) is 12.8 Å². The topological polar surface area (TPSA) is 45.6 Å². The molecule has 0 aliphatic carbocycles. The summed E-state index contributed by atoms with van der Waals surface area (Å²) in [7, 11) is 1.71. The Kier molecular flexibility index (Phi) is 4.77. The summed E-state index contributed by atoms with van der Waals surface area (Å²) in [4.78, 5) is 6.97. The van der Waals surface area contributed by atoms with Crippen LogP contribution in [0.25, 0.3) is 0 Å². The highest BCUT2D eigenvalue weighted by Gasteiger charge is 2.23. The highest BCUT2D eigenvalue weighted by Crippen LogP contribution is 2.26. The molecular formula is C15H24N2O2. The van der Waals surface area contributed by atoms with Crippen LogP contribution in [-0.2, 0) is 6.54 Å². The second kappa shape index (κ2) is 6.35. The summed E-state index contributed by atoms with van der Waals surface area (Å²) in [6.07, 6.45) is 3.99. The summed E-state index contributed by atoms with van der Waals surface area (Å²) in [5, 5.41) is 9.00. The van der Waals surface area contributed by atoms with Gasteiger partial charge in [-0.25, -0.2) is 0 Å². The Hall–Kier alpha value is -1.13. The third-order valence-corrected chi connectivity index (χ3v) is 4.03. The van der Waals surface area contributed by atoms with Crippen molar-refractivity contribution in [3.8, 4) is 5.75 Å². The summed E-state index contributed by atoms with van der Waals surface area (Å²) in [5.74, 6) is 1.59. The van der Waals surface area contributed by atoms with E-state index < -0.39 is 0 Å². The van der Waals surface area contributed by atoms with Gasteiger partial charge in [-0.15, -0.1) is 0 Å². The van der Waals surface area contributed by atoms with Gasteiger partial charge in [0.25, 0.3) is 0 Å². The molecule has 4 nitrogen and oxygen atoms in total. The number of methoxy groups -OCH3 is 1. The number of rotatable bonds is 5. The van der Waals surface area contributed by atoms with Crippen molar-refractivity contribution in [2.75, 3.05) is 26.8 Å². The lowest BCUT2D eigenvalue weighted by atomic mass is 10.1. The fourth-order valence-electron chi connectivity index (χ4n) is 2.92. The van der Waals surface area contributed by atoms with Gasteiger partial charge in [-0.1, -0.05) is 0 Å². The molecule has 1 aromatic heterocycles. The van der Waals surface area contributed by atoms with Crippen LogP contribution in [0, 0.1) is 19.8 Å². The third-order valence-electron chi connectivity index (χ3n) is 4.03. The number of aliphatic hydroxyl groups excluding tert-OH is 1. The van der Waals surface area contributed by atoms with E-state index in [4.69, 9.17) is 9.84 Å². The summed E-state index contributed by atoms with van der Waals surface area (Å²) in [5.41, 5.74) is 3.34. The van der Waals surface area contributed by atoms with Crippen LogP contribution >= 0.6 is 0 Å². The molecule has 0 spiro atoms. The van der Waals surface area contributed by atoms with Crippen LogP contribution in [0.1, 0.15) is 29.7 Å². The Morgan fingerprint density at radius 1 is 1.47 bits per heavy atom. The van der Waals surface area contributed by atoms with Crippen molar-refractivity contribution in [3.63, 3.8) is 0 Å². The number of aryl methyl sites for hydroxylation is 1. The van der Waals surface area contributed by atoms with Gasteiger partial charge in [0.15, 0.2) is 0 Å². The average molecular weight is 264 g/mol. The van der Waals surface area contributed by atoms with E-state index in [1.807, 2.05) is 13.1 Å². The first kappa shape index (κ1) is 14.3.